The number of hydrogen-bond acceptors (Lipinski definition) is 6. The number of hydrogen-bond donors (Lipinski definition) is 4. The lowest BCUT2D eigenvalue weighted by Crippen LogP contribution is -2.40. The molecule has 0 radical (unpaired) electrons. The summed E-state index contributed by atoms with van der Waals surface area (Å²) >= 11 is 0. The van der Waals surface area contributed by atoms with Crippen LogP contribution in [0.2, 0.25) is 0 Å². The molecule has 0 atom stereocenters. The third-order valence-electron chi connectivity index (χ3n) is 4.43. The fraction of sp³-hybridized carbons (Fsp3) is 0.467. The van der Waals surface area contributed by atoms with Crippen molar-refractivity contribution >= 4 is 27.5 Å². The molecule has 11 heteroatoms. The molecule has 1 saturated heterocycles. The van der Waals surface area contributed by atoms with Crippen molar-refractivity contribution in [1.82, 2.24) is 10.7 Å². The van der Waals surface area contributed by atoms with E-state index in [0.717, 1.165) is 25.0 Å². The van der Waals surface area contributed by atoms with E-state index >= 15 is 0 Å². The van der Waals surface area contributed by atoms with E-state index in [1.54, 1.807) is 0 Å². The van der Waals surface area contributed by atoms with Gasteiger partial charge in [0.1, 0.15) is 5.75 Å². The number of nitrogens with zero attached hydrogens (tertiary/aromatic N) is 1. The van der Waals surface area contributed by atoms with Gasteiger partial charge >= 0.3 is 0 Å². The zero-order chi connectivity index (χ0) is 19.1. The molecule has 0 aromatic heterocycles. The molecule has 1 heterocycles. The molecule has 1 aliphatic heterocycles. The van der Waals surface area contributed by atoms with Gasteiger partial charge in [-0.3, -0.25) is 15.0 Å². The molecule has 26 heavy (non-hydrogen) atoms. The number of anilines is 1. The first-order chi connectivity index (χ1) is 12.2. The maximum Gasteiger partial charge on any atom is 0.262 e. The maximum atomic E-state index is 14.4. The number of nitrogens with two attached hydrogens (primary N) is 1. The summed E-state index contributed by atoms with van der Waals surface area (Å²) in [6, 6.07) is 1.80. The molecule has 5 N–H and O–H groups in total. The summed E-state index contributed by atoms with van der Waals surface area (Å²) in [4.78, 5) is 23.6. The second-order valence-electron chi connectivity index (χ2n) is 6.47. The van der Waals surface area contributed by atoms with Crippen LogP contribution in [0.15, 0.2) is 12.1 Å². The Labute approximate surface area is 149 Å². The quantitative estimate of drug-likeness (QED) is 0.562. The van der Waals surface area contributed by atoms with Gasteiger partial charge in [-0.05, 0) is 37.8 Å². The first-order valence-corrected chi connectivity index (χ1v) is 9.70. The molecule has 1 saturated carbocycles. The third-order valence-corrected chi connectivity index (χ3v) is 5.89. The molecule has 2 fully saturated rings. The Balaban J connectivity index is 1.81. The number of nitrogens with one attached hydrogen (secondary N) is 2. The van der Waals surface area contributed by atoms with E-state index in [9.17, 15) is 27.5 Å². The average Bonchev–Trinajstić information content (AvgIpc) is 2.81. The van der Waals surface area contributed by atoms with E-state index in [0.29, 0.717) is 12.8 Å². The number of carbonyl (C=O) groups excluding carboxylic acids is 2. The number of hydrazine groups is 1. The Morgan fingerprint density at radius 3 is 2.50 bits per heavy atom. The van der Waals surface area contributed by atoms with Crippen LogP contribution >= 0.6 is 0 Å². The van der Waals surface area contributed by atoms with Crippen LogP contribution in [0.25, 0.3) is 0 Å². The fourth-order valence-corrected chi connectivity index (χ4v) is 4.31. The number of phenols is 1. The lowest BCUT2D eigenvalue weighted by atomic mass is 9.91. The molecule has 0 unspecified atom stereocenters. The lowest BCUT2D eigenvalue weighted by molar-refractivity contribution is -0.117. The van der Waals surface area contributed by atoms with Gasteiger partial charge < -0.3 is 16.2 Å². The fourth-order valence-electron chi connectivity index (χ4n) is 3.09. The Bertz CT molecular complexity index is 829. The van der Waals surface area contributed by atoms with Crippen LogP contribution in [0.3, 0.4) is 0 Å². The van der Waals surface area contributed by atoms with Gasteiger partial charge in [-0.1, -0.05) is 0 Å². The predicted molar refractivity (Wildman–Crippen MR) is 90.2 cm³/mol. The standard InChI is InChI=1S/C15H19FN4O5S/c16-11-5-8(15(23)18-10-3-1-9(17)2-4-10)6-12(21)14(11)20-19-13(22)7-26(20,24)25/h5-6,9-10,21H,1-4,7,17H2,(H,18,23)(H,19,22)/t9-,10-. The molecule has 0 bridgehead atoms. The van der Waals surface area contributed by atoms with Crippen molar-refractivity contribution in [3.8, 4) is 5.75 Å². The van der Waals surface area contributed by atoms with Gasteiger partial charge in [-0.25, -0.2) is 12.8 Å². The molecule has 2 aliphatic rings. The van der Waals surface area contributed by atoms with Crippen molar-refractivity contribution in [1.29, 1.82) is 0 Å². The summed E-state index contributed by atoms with van der Waals surface area (Å²) in [5.41, 5.74) is 6.89. The highest BCUT2D eigenvalue weighted by atomic mass is 32.2. The highest BCUT2D eigenvalue weighted by Crippen LogP contribution is 2.34. The van der Waals surface area contributed by atoms with Crippen molar-refractivity contribution < 1.29 is 27.5 Å². The number of rotatable bonds is 3. The summed E-state index contributed by atoms with van der Waals surface area (Å²) < 4.78 is 38.4. The minimum atomic E-state index is -4.14. The number of phenolic OH excluding ortho intramolecular Hbond substituents is 1. The van der Waals surface area contributed by atoms with E-state index in [2.05, 4.69) is 5.32 Å². The lowest BCUT2D eigenvalue weighted by Gasteiger charge is -2.27. The Kier molecular flexibility index (Phi) is 4.76. The molecule has 3 rings (SSSR count). The number of halogens is 1. The summed E-state index contributed by atoms with van der Waals surface area (Å²) in [6.45, 7) is 0. The molecule has 1 aliphatic carbocycles. The highest BCUT2D eigenvalue weighted by molar-refractivity contribution is 7.93. The topological polar surface area (TPSA) is 142 Å². The van der Waals surface area contributed by atoms with Crippen molar-refractivity contribution in [2.24, 2.45) is 5.73 Å². The van der Waals surface area contributed by atoms with Crippen LogP contribution < -0.4 is 20.9 Å². The van der Waals surface area contributed by atoms with E-state index in [1.807, 2.05) is 5.43 Å². The van der Waals surface area contributed by atoms with Crippen LogP contribution in [0.1, 0.15) is 36.0 Å². The molecule has 2 amide bonds. The minimum Gasteiger partial charge on any atom is -0.506 e. The summed E-state index contributed by atoms with van der Waals surface area (Å²) in [5.74, 6) is -4.20. The number of amides is 2. The normalized spacial score (nSPS) is 25.0. The van der Waals surface area contributed by atoms with Crippen molar-refractivity contribution in [2.45, 2.75) is 37.8 Å². The maximum absolute atomic E-state index is 14.4. The van der Waals surface area contributed by atoms with Gasteiger partial charge in [-0.2, -0.15) is 4.41 Å². The van der Waals surface area contributed by atoms with Crippen molar-refractivity contribution in [2.75, 3.05) is 10.2 Å². The van der Waals surface area contributed by atoms with Crippen LogP contribution in [-0.2, 0) is 14.8 Å². The van der Waals surface area contributed by atoms with E-state index in [-0.39, 0.29) is 22.1 Å². The first kappa shape index (κ1) is 18.4. The molecule has 0 spiro atoms. The van der Waals surface area contributed by atoms with E-state index in [4.69, 9.17) is 5.73 Å². The summed E-state index contributed by atoms with van der Waals surface area (Å²) in [6.07, 6.45) is 2.96. The average molecular weight is 386 g/mol. The van der Waals surface area contributed by atoms with Gasteiger partial charge in [0, 0.05) is 17.6 Å². The Hall–Kier alpha value is -2.40. The monoisotopic (exact) mass is 386 g/mol. The van der Waals surface area contributed by atoms with Gasteiger partial charge in [0.2, 0.25) is 0 Å². The predicted octanol–water partition coefficient (Wildman–Crippen LogP) is -0.288. The molecule has 1 aromatic rings. The van der Waals surface area contributed by atoms with Gasteiger partial charge in [0.05, 0.1) is 0 Å². The van der Waals surface area contributed by atoms with Gasteiger partial charge in [0.25, 0.3) is 21.8 Å². The van der Waals surface area contributed by atoms with Gasteiger partial charge in [0.15, 0.2) is 17.3 Å². The molecule has 142 valence electrons. The van der Waals surface area contributed by atoms with Crippen molar-refractivity contribution in [3.05, 3.63) is 23.5 Å². The SMILES string of the molecule is N[C@H]1CC[C@H](NC(=O)c2cc(O)c(N3NC(=O)CS3(=O)=O)c(F)c2)CC1. The first-order valence-electron chi connectivity index (χ1n) is 8.09. The minimum absolute atomic E-state index is 0.0922. The number of carbonyl (C=O) groups is 2. The second kappa shape index (κ2) is 6.72. The van der Waals surface area contributed by atoms with Crippen LogP contribution in [0.4, 0.5) is 10.1 Å². The Morgan fingerprint density at radius 1 is 1.31 bits per heavy atom. The zero-order valence-electron chi connectivity index (χ0n) is 13.7. The number of aromatic hydroxyl groups is 1. The number of sulfonamides is 1. The van der Waals surface area contributed by atoms with Crippen molar-refractivity contribution in [3.63, 3.8) is 0 Å². The van der Waals surface area contributed by atoms with Crippen LogP contribution in [0.5, 0.6) is 5.75 Å². The zero-order valence-corrected chi connectivity index (χ0v) is 14.6. The third kappa shape index (κ3) is 3.58. The largest absolute Gasteiger partial charge is 0.506 e. The molecular formula is C15H19FN4O5S. The Morgan fingerprint density at radius 2 is 1.96 bits per heavy atom. The molecular weight excluding hydrogens is 367 g/mol. The van der Waals surface area contributed by atoms with E-state index in [1.165, 1.54) is 0 Å². The van der Waals surface area contributed by atoms with Gasteiger partial charge in [-0.15, -0.1) is 0 Å². The van der Waals surface area contributed by atoms with Crippen LogP contribution in [-0.4, -0.2) is 43.2 Å². The summed E-state index contributed by atoms with van der Waals surface area (Å²) in [7, 11) is -4.14. The second-order valence-corrected chi connectivity index (χ2v) is 8.28. The molecule has 1 aromatic carbocycles. The highest BCUT2D eigenvalue weighted by Gasteiger charge is 2.38. The smallest absolute Gasteiger partial charge is 0.262 e. The molecule has 9 nitrogen and oxygen atoms in total. The van der Waals surface area contributed by atoms with Crippen LogP contribution in [0, 0.1) is 5.82 Å². The number of benzene rings is 1. The van der Waals surface area contributed by atoms with E-state index < -0.39 is 44.8 Å². The summed E-state index contributed by atoms with van der Waals surface area (Å²) in [5, 5.41) is 12.8.